The number of hydrogen-bond acceptors (Lipinski definition) is 8. The second-order valence-electron chi connectivity index (χ2n) is 8.45. The summed E-state index contributed by atoms with van der Waals surface area (Å²) in [5.41, 5.74) is 2.78. The molecule has 3 aromatic carbocycles. The van der Waals surface area contributed by atoms with Crippen molar-refractivity contribution in [2.24, 2.45) is 0 Å². The highest BCUT2D eigenvalue weighted by Gasteiger charge is 2.31. The third-order valence-electron chi connectivity index (χ3n) is 6.19. The molecule has 0 aliphatic carbocycles. The molecule has 0 atom stereocenters. The van der Waals surface area contributed by atoms with Crippen LogP contribution in [0, 0.1) is 0 Å². The van der Waals surface area contributed by atoms with E-state index in [0.29, 0.717) is 28.3 Å². The number of fused-ring (bicyclic) bond motifs is 1. The third kappa shape index (κ3) is 4.89. The van der Waals surface area contributed by atoms with Crippen LogP contribution in [-0.2, 0) is 16.1 Å². The van der Waals surface area contributed by atoms with Crippen LogP contribution < -0.4 is 9.47 Å². The molecule has 0 radical (unpaired) electrons. The molecule has 2 heterocycles. The summed E-state index contributed by atoms with van der Waals surface area (Å²) >= 11 is 0. The van der Waals surface area contributed by atoms with Gasteiger partial charge in [0, 0.05) is 22.7 Å². The number of para-hydroxylation sites is 2. The van der Waals surface area contributed by atoms with Crippen molar-refractivity contribution < 1.29 is 28.5 Å². The molecule has 5 rings (SSSR count). The van der Waals surface area contributed by atoms with E-state index in [2.05, 4.69) is 10.1 Å². The van der Waals surface area contributed by atoms with Crippen molar-refractivity contribution in [3.8, 4) is 28.4 Å². The minimum atomic E-state index is -0.724. The second kappa shape index (κ2) is 11.1. The minimum Gasteiger partial charge on any atom is -0.496 e. The minimum absolute atomic E-state index is 0.0107. The molecular formula is C30H25N3O6. The van der Waals surface area contributed by atoms with E-state index in [1.54, 1.807) is 49.7 Å². The zero-order valence-electron chi connectivity index (χ0n) is 21.6. The van der Waals surface area contributed by atoms with Crippen LogP contribution in [0.5, 0.6) is 11.5 Å². The van der Waals surface area contributed by atoms with Crippen molar-refractivity contribution in [2.45, 2.75) is 6.61 Å². The number of methoxy groups -OCH3 is 3. The van der Waals surface area contributed by atoms with Crippen LogP contribution in [0.1, 0.15) is 26.4 Å². The Bertz CT molecular complexity index is 1660. The van der Waals surface area contributed by atoms with Gasteiger partial charge < -0.3 is 18.9 Å². The average Bonchev–Trinajstić information content (AvgIpc) is 3.40. The summed E-state index contributed by atoms with van der Waals surface area (Å²) in [4.78, 5) is 30.3. The summed E-state index contributed by atoms with van der Waals surface area (Å²) in [6, 6.07) is 23.9. The zero-order chi connectivity index (χ0) is 27.4. The first-order valence-electron chi connectivity index (χ1n) is 12.0. The van der Waals surface area contributed by atoms with E-state index in [1.807, 2.05) is 42.5 Å². The Balaban J connectivity index is 1.61. The monoisotopic (exact) mass is 523 g/mol. The molecule has 0 aliphatic heterocycles. The Morgan fingerprint density at radius 1 is 0.821 bits per heavy atom. The largest absolute Gasteiger partial charge is 0.496 e. The molecule has 0 unspecified atom stereocenters. The van der Waals surface area contributed by atoms with Crippen molar-refractivity contribution in [2.75, 3.05) is 21.3 Å². The molecule has 0 saturated heterocycles. The summed E-state index contributed by atoms with van der Waals surface area (Å²) in [6.07, 6.45) is 1.71. The van der Waals surface area contributed by atoms with Crippen LogP contribution >= 0.6 is 0 Å². The number of carbonyl (C=O) groups is 2. The lowest BCUT2D eigenvalue weighted by atomic mass is 10.0. The van der Waals surface area contributed by atoms with Crippen LogP contribution in [0.3, 0.4) is 0 Å². The van der Waals surface area contributed by atoms with Crippen molar-refractivity contribution in [1.29, 1.82) is 0 Å². The number of ether oxygens (including phenoxy) is 4. The maximum atomic E-state index is 13.0. The van der Waals surface area contributed by atoms with E-state index in [4.69, 9.17) is 18.9 Å². The van der Waals surface area contributed by atoms with Gasteiger partial charge in [0.2, 0.25) is 0 Å². The molecule has 9 nitrogen and oxygen atoms in total. The molecule has 0 aliphatic rings. The molecule has 0 spiro atoms. The highest BCUT2D eigenvalue weighted by atomic mass is 16.5. The first-order chi connectivity index (χ1) is 19.0. The van der Waals surface area contributed by atoms with E-state index in [0.717, 1.165) is 10.9 Å². The van der Waals surface area contributed by atoms with E-state index in [-0.39, 0.29) is 23.6 Å². The molecule has 5 aromatic rings. The lowest BCUT2D eigenvalue weighted by Gasteiger charge is -2.13. The number of carbonyl (C=O) groups excluding carboxylic acids is 2. The molecule has 9 heteroatoms. The topological polar surface area (TPSA) is 102 Å². The van der Waals surface area contributed by atoms with Gasteiger partial charge in [-0.25, -0.2) is 14.3 Å². The molecule has 0 bridgehead atoms. The maximum Gasteiger partial charge on any atom is 0.357 e. The Kier molecular flexibility index (Phi) is 7.22. The van der Waals surface area contributed by atoms with Crippen LogP contribution in [0.25, 0.3) is 27.8 Å². The lowest BCUT2D eigenvalue weighted by Crippen LogP contribution is -2.15. The average molecular weight is 524 g/mol. The molecule has 2 aromatic heterocycles. The number of rotatable bonds is 8. The molecule has 0 fully saturated rings. The number of aromatic nitrogens is 3. The van der Waals surface area contributed by atoms with Gasteiger partial charge in [-0.05, 0) is 42.5 Å². The molecular weight excluding hydrogens is 498 g/mol. The number of pyridine rings is 1. The van der Waals surface area contributed by atoms with Crippen LogP contribution in [0.4, 0.5) is 0 Å². The van der Waals surface area contributed by atoms with Gasteiger partial charge in [-0.15, -0.1) is 0 Å². The van der Waals surface area contributed by atoms with Gasteiger partial charge in [0.1, 0.15) is 34.9 Å². The number of benzene rings is 3. The van der Waals surface area contributed by atoms with Gasteiger partial charge in [0.05, 0.1) is 27.0 Å². The lowest BCUT2D eigenvalue weighted by molar-refractivity contribution is 0.0549. The number of nitrogens with zero attached hydrogens (tertiary/aromatic N) is 3. The summed E-state index contributed by atoms with van der Waals surface area (Å²) in [6.45, 7) is 0.156. The second-order valence-corrected chi connectivity index (χ2v) is 8.45. The fraction of sp³-hybridized carbons (Fsp3) is 0.133. The Labute approximate surface area is 224 Å². The Morgan fingerprint density at radius 3 is 2.33 bits per heavy atom. The Hall–Kier alpha value is -5.18. The van der Waals surface area contributed by atoms with Crippen LogP contribution in [-0.4, -0.2) is 48.0 Å². The number of hydrogen-bond donors (Lipinski definition) is 0. The smallest absolute Gasteiger partial charge is 0.357 e. The SMILES string of the molecule is COC(=O)c1c(-c2ccc(OC)c(COc3cccc4cccnc34)c2)nn(-c2ccccc2)c1C(=O)OC. The third-order valence-corrected chi connectivity index (χ3v) is 6.19. The van der Waals surface area contributed by atoms with Crippen LogP contribution in [0.2, 0.25) is 0 Å². The zero-order valence-corrected chi connectivity index (χ0v) is 21.6. The van der Waals surface area contributed by atoms with Crippen molar-refractivity contribution >= 4 is 22.8 Å². The van der Waals surface area contributed by atoms with Gasteiger partial charge in [-0.1, -0.05) is 36.4 Å². The molecule has 0 amide bonds. The summed E-state index contributed by atoms with van der Waals surface area (Å²) < 4.78 is 23.2. The van der Waals surface area contributed by atoms with E-state index < -0.39 is 11.9 Å². The molecule has 0 saturated carbocycles. The van der Waals surface area contributed by atoms with Crippen LogP contribution in [0.15, 0.2) is 85.1 Å². The van der Waals surface area contributed by atoms with Gasteiger partial charge in [-0.3, -0.25) is 4.98 Å². The van der Waals surface area contributed by atoms with Crippen molar-refractivity contribution in [1.82, 2.24) is 14.8 Å². The van der Waals surface area contributed by atoms with E-state index in [1.165, 1.54) is 18.9 Å². The first-order valence-corrected chi connectivity index (χ1v) is 12.0. The van der Waals surface area contributed by atoms with Gasteiger partial charge in [-0.2, -0.15) is 5.10 Å². The van der Waals surface area contributed by atoms with Gasteiger partial charge in [0.15, 0.2) is 5.69 Å². The predicted molar refractivity (Wildman–Crippen MR) is 144 cm³/mol. The highest BCUT2D eigenvalue weighted by Crippen LogP contribution is 2.33. The highest BCUT2D eigenvalue weighted by molar-refractivity contribution is 6.06. The van der Waals surface area contributed by atoms with Gasteiger partial charge in [0.25, 0.3) is 0 Å². The van der Waals surface area contributed by atoms with Gasteiger partial charge >= 0.3 is 11.9 Å². The summed E-state index contributed by atoms with van der Waals surface area (Å²) in [5, 5.41) is 5.63. The fourth-order valence-corrected chi connectivity index (χ4v) is 4.34. The standard InChI is InChI=1S/C30H25N3O6/c1-36-23-15-14-20(17-21(23)18-39-24-13-7-9-19-10-8-16-31-26(19)24)27-25(29(34)37-2)28(30(35)38-3)33(32-27)22-11-5-4-6-12-22/h4-17H,18H2,1-3H3. The molecule has 196 valence electrons. The maximum absolute atomic E-state index is 13.0. The van der Waals surface area contributed by atoms with Crippen molar-refractivity contribution in [3.05, 3.63) is 102 Å². The molecule has 0 N–H and O–H groups in total. The summed E-state index contributed by atoms with van der Waals surface area (Å²) in [7, 11) is 4.06. The normalized spacial score (nSPS) is 10.7. The Morgan fingerprint density at radius 2 is 1.59 bits per heavy atom. The molecule has 39 heavy (non-hydrogen) atoms. The van der Waals surface area contributed by atoms with E-state index >= 15 is 0 Å². The van der Waals surface area contributed by atoms with E-state index in [9.17, 15) is 9.59 Å². The number of esters is 2. The predicted octanol–water partition coefficient (Wildman–Crippen LogP) is 5.25. The summed E-state index contributed by atoms with van der Waals surface area (Å²) in [5.74, 6) is -0.235. The fourth-order valence-electron chi connectivity index (χ4n) is 4.34. The first kappa shape index (κ1) is 25.5. The van der Waals surface area contributed by atoms with Crippen molar-refractivity contribution in [3.63, 3.8) is 0 Å². The quantitative estimate of drug-likeness (QED) is 0.254.